The first kappa shape index (κ1) is 15.7. The molecule has 0 aliphatic rings. The number of carboxylic acids is 1. The fraction of sp³-hybridized carbons (Fsp3) is 0.533. The van der Waals surface area contributed by atoms with Crippen LogP contribution in [0.15, 0.2) is 24.3 Å². The third-order valence-corrected chi connectivity index (χ3v) is 3.48. The second-order valence-electron chi connectivity index (χ2n) is 5.08. The Morgan fingerprint density at radius 1 is 1.32 bits per heavy atom. The van der Waals surface area contributed by atoms with Crippen LogP contribution in [0.25, 0.3) is 0 Å². The maximum Gasteiger partial charge on any atom is 0.323 e. The Bertz CT molecular complexity index is 429. The highest BCUT2D eigenvalue weighted by Crippen LogP contribution is 2.20. The van der Waals surface area contributed by atoms with E-state index < -0.39 is 11.5 Å². The number of hydrogen-bond acceptors (Lipinski definition) is 3. The molecule has 1 N–H and O–H groups in total. The first-order valence-corrected chi connectivity index (χ1v) is 6.47. The zero-order valence-corrected chi connectivity index (χ0v) is 12.1. The van der Waals surface area contributed by atoms with Gasteiger partial charge in [-0.05, 0) is 31.5 Å². The fourth-order valence-corrected chi connectivity index (χ4v) is 2.05. The normalized spacial score (nSPS) is 11.8. The van der Waals surface area contributed by atoms with Crippen molar-refractivity contribution in [3.8, 4) is 0 Å². The Kier molecular flexibility index (Phi) is 5.51. The molecule has 0 radical (unpaired) electrons. The van der Waals surface area contributed by atoms with Crippen LogP contribution in [-0.4, -0.2) is 35.2 Å². The maximum atomic E-state index is 11.4. The molecular weight excluding hydrogens is 242 g/mol. The van der Waals surface area contributed by atoms with Crippen molar-refractivity contribution in [2.75, 3.05) is 13.7 Å². The summed E-state index contributed by atoms with van der Waals surface area (Å²) in [6, 6.07) is 7.97. The molecule has 0 aliphatic carbocycles. The van der Waals surface area contributed by atoms with Gasteiger partial charge in [0, 0.05) is 13.7 Å². The Labute approximate surface area is 115 Å². The molecule has 0 saturated carbocycles. The van der Waals surface area contributed by atoms with E-state index in [9.17, 15) is 9.90 Å². The van der Waals surface area contributed by atoms with Gasteiger partial charge in [-0.15, -0.1) is 0 Å². The molecule has 0 aliphatic heterocycles. The molecule has 4 nitrogen and oxygen atoms in total. The number of rotatable bonds is 7. The van der Waals surface area contributed by atoms with E-state index in [-0.39, 0.29) is 0 Å². The molecule has 0 bridgehead atoms. The topological polar surface area (TPSA) is 49.8 Å². The molecule has 0 aromatic heterocycles. The van der Waals surface area contributed by atoms with Gasteiger partial charge in [-0.1, -0.05) is 31.2 Å². The summed E-state index contributed by atoms with van der Waals surface area (Å²) in [7, 11) is 1.66. The van der Waals surface area contributed by atoms with E-state index in [1.165, 1.54) is 0 Å². The van der Waals surface area contributed by atoms with E-state index in [1.54, 1.807) is 21.0 Å². The molecule has 19 heavy (non-hydrogen) atoms. The van der Waals surface area contributed by atoms with Crippen LogP contribution in [0.4, 0.5) is 0 Å². The SMILES string of the molecule is CCN(Cc1ccccc1COC)C(C)(C)C(=O)O. The Hall–Kier alpha value is -1.39. The number of carboxylic acid groups (broad SMARTS) is 1. The third-order valence-electron chi connectivity index (χ3n) is 3.48. The van der Waals surface area contributed by atoms with Gasteiger partial charge in [-0.2, -0.15) is 0 Å². The molecule has 4 heteroatoms. The monoisotopic (exact) mass is 265 g/mol. The lowest BCUT2D eigenvalue weighted by molar-refractivity contribution is -0.149. The highest BCUT2D eigenvalue weighted by atomic mass is 16.5. The molecule has 0 saturated heterocycles. The Morgan fingerprint density at radius 2 is 1.89 bits per heavy atom. The van der Waals surface area contributed by atoms with Gasteiger partial charge in [0.2, 0.25) is 0 Å². The van der Waals surface area contributed by atoms with Crippen molar-refractivity contribution in [1.82, 2.24) is 4.90 Å². The van der Waals surface area contributed by atoms with Gasteiger partial charge < -0.3 is 9.84 Å². The van der Waals surface area contributed by atoms with E-state index >= 15 is 0 Å². The van der Waals surface area contributed by atoms with Crippen molar-refractivity contribution >= 4 is 5.97 Å². The number of likely N-dealkylation sites (N-methyl/N-ethyl adjacent to an activating group) is 1. The van der Waals surface area contributed by atoms with E-state index in [2.05, 4.69) is 0 Å². The van der Waals surface area contributed by atoms with Gasteiger partial charge in [0.25, 0.3) is 0 Å². The van der Waals surface area contributed by atoms with Crippen molar-refractivity contribution in [2.24, 2.45) is 0 Å². The summed E-state index contributed by atoms with van der Waals surface area (Å²) in [5.41, 5.74) is 1.33. The minimum atomic E-state index is -0.880. The van der Waals surface area contributed by atoms with E-state index in [0.717, 1.165) is 11.1 Å². The van der Waals surface area contributed by atoms with Crippen molar-refractivity contribution in [3.63, 3.8) is 0 Å². The van der Waals surface area contributed by atoms with Gasteiger partial charge in [-0.25, -0.2) is 0 Å². The molecule has 0 fully saturated rings. The quantitative estimate of drug-likeness (QED) is 0.823. The lowest BCUT2D eigenvalue weighted by atomic mass is 10.0. The van der Waals surface area contributed by atoms with E-state index in [4.69, 9.17) is 4.74 Å². The van der Waals surface area contributed by atoms with Crippen LogP contribution in [0.1, 0.15) is 31.9 Å². The van der Waals surface area contributed by atoms with Crippen LogP contribution in [0.3, 0.4) is 0 Å². The standard InChI is InChI=1S/C15H23NO3/c1-5-16(15(2,3)14(17)18)10-12-8-6-7-9-13(12)11-19-4/h6-9H,5,10-11H2,1-4H3,(H,17,18). The fourth-order valence-electron chi connectivity index (χ4n) is 2.05. The van der Waals surface area contributed by atoms with Crippen molar-refractivity contribution in [2.45, 2.75) is 39.5 Å². The van der Waals surface area contributed by atoms with Gasteiger partial charge >= 0.3 is 5.97 Å². The number of methoxy groups -OCH3 is 1. The second-order valence-corrected chi connectivity index (χ2v) is 5.08. The van der Waals surface area contributed by atoms with Crippen molar-refractivity contribution in [1.29, 1.82) is 0 Å². The maximum absolute atomic E-state index is 11.4. The summed E-state index contributed by atoms with van der Waals surface area (Å²) < 4.78 is 5.18. The molecular formula is C15H23NO3. The molecule has 0 heterocycles. The van der Waals surface area contributed by atoms with Crippen LogP contribution in [0.2, 0.25) is 0 Å². The number of carbonyl (C=O) groups is 1. The highest BCUT2D eigenvalue weighted by molar-refractivity contribution is 5.77. The van der Waals surface area contributed by atoms with Crippen LogP contribution in [0.5, 0.6) is 0 Å². The Morgan fingerprint density at radius 3 is 2.37 bits per heavy atom. The summed E-state index contributed by atoms with van der Waals surface area (Å²) in [6.45, 7) is 7.27. The van der Waals surface area contributed by atoms with Gasteiger partial charge in [0.1, 0.15) is 5.54 Å². The molecule has 1 rings (SSSR count). The van der Waals surface area contributed by atoms with Gasteiger partial charge in [0.15, 0.2) is 0 Å². The first-order valence-electron chi connectivity index (χ1n) is 6.47. The molecule has 0 unspecified atom stereocenters. The predicted molar refractivity (Wildman–Crippen MR) is 75.0 cm³/mol. The summed E-state index contributed by atoms with van der Waals surface area (Å²) >= 11 is 0. The lowest BCUT2D eigenvalue weighted by Gasteiger charge is -2.34. The van der Waals surface area contributed by atoms with Crippen LogP contribution in [0, 0.1) is 0 Å². The summed E-state index contributed by atoms with van der Waals surface area (Å²) in [5.74, 6) is -0.807. The molecule has 1 aromatic rings. The van der Waals surface area contributed by atoms with Gasteiger partial charge in [-0.3, -0.25) is 9.69 Å². The first-order chi connectivity index (χ1) is 8.93. The second kappa shape index (κ2) is 6.68. The number of benzene rings is 1. The molecule has 0 spiro atoms. The van der Waals surface area contributed by atoms with Crippen LogP contribution in [-0.2, 0) is 22.7 Å². The smallest absolute Gasteiger partial charge is 0.323 e. The highest BCUT2D eigenvalue weighted by Gasteiger charge is 2.33. The Balaban J connectivity index is 2.96. The van der Waals surface area contributed by atoms with Crippen LogP contribution >= 0.6 is 0 Å². The average molecular weight is 265 g/mol. The molecule has 0 atom stereocenters. The van der Waals surface area contributed by atoms with Gasteiger partial charge in [0.05, 0.1) is 6.61 Å². The molecule has 106 valence electrons. The summed E-state index contributed by atoms with van der Waals surface area (Å²) in [4.78, 5) is 13.3. The van der Waals surface area contributed by atoms with Crippen LogP contribution < -0.4 is 0 Å². The van der Waals surface area contributed by atoms with Crippen molar-refractivity contribution in [3.05, 3.63) is 35.4 Å². The van der Waals surface area contributed by atoms with E-state index in [1.807, 2.05) is 36.1 Å². The molecule has 0 amide bonds. The zero-order valence-electron chi connectivity index (χ0n) is 12.1. The van der Waals surface area contributed by atoms with Crippen molar-refractivity contribution < 1.29 is 14.6 Å². The number of ether oxygens (including phenoxy) is 1. The zero-order chi connectivity index (χ0) is 14.5. The summed E-state index contributed by atoms with van der Waals surface area (Å²) in [6.07, 6.45) is 0. The third kappa shape index (κ3) is 3.78. The average Bonchev–Trinajstić information content (AvgIpc) is 2.37. The number of aliphatic carboxylic acids is 1. The predicted octanol–water partition coefficient (Wildman–Crippen LogP) is 2.52. The largest absolute Gasteiger partial charge is 0.480 e. The van der Waals surface area contributed by atoms with E-state index in [0.29, 0.717) is 19.7 Å². The minimum absolute atomic E-state index is 0.543. The number of nitrogens with zero attached hydrogens (tertiary/aromatic N) is 1. The lowest BCUT2D eigenvalue weighted by Crippen LogP contribution is -2.49. The summed E-state index contributed by atoms with van der Waals surface area (Å²) in [5, 5.41) is 9.33. The number of hydrogen-bond donors (Lipinski definition) is 1. The minimum Gasteiger partial charge on any atom is -0.480 e. The molecule has 1 aromatic carbocycles.